The van der Waals surface area contributed by atoms with Gasteiger partial charge in [0.1, 0.15) is 11.6 Å². The van der Waals surface area contributed by atoms with E-state index in [-0.39, 0.29) is 30.6 Å². The van der Waals surface area contributed by atoms with E-state index in [9.17, 15) is 23.2 Å². The molecule has 0 saturated heterocycles. The maximum Gasteiger partial charge on any atom is 0.323 e. The molecule has 0 radical (unpaired) electrons. The van der Waals surface area contributed by atoms with Crippen molar-refractivity contribution in [2.45, 2.75) is 0 Å². The Labute approximate surface area is 180 Å². The Morgan fingerprint density at radius 1 is 0.839 bits per heavy atom. The fourth-order valence-electron chi connectivity index (χ4n) is 2.53. The normalized spacial score (nSPS) is 10.3. The highest BCUT2D eigenvalue weighted by Gasteiger charge is 2.10. The van der Waals surface area contributed by atoms with Crippen molar-refractivity contribution in [3.8, 4) is 0 Å². The summed E-state index contributed by atoms with van der Waals surface area (Å²) in [6.45, 7) is 0.532. The molecule has 0 unspecified atom stereocenters. The van der Waals surface area contributed by atoms with Crippen molar-refractivity contribution in [1.29, 1.82) is 0 Å². The summed E-state index contributed by atoms with van der Waals surface area (Å²) in [7, 11) is 0. The number of amides is 4. The molecule has 4 N–H and O–H groups in total. The molecule has 0 atom stereocenters. The van der Waals surface area contributed by atoms with Gasteiger partial charge in [0.2, 0.25) is 0 Å². The van der Waals surface area contributed by atoms with E-state index in [2.05, 4.69) is 21.3 Å². The monoisotopic (exact) mass is 444 g/mol. The number of halogens is 2. The van der Waals surface area contributed by atoms with Crippen molar-refractivity contribution in [2.24, 2.45) is 0 Å². The molecule has 31 heavy (non-hydrogen) atoms. The summed E-state index contributed by atoms with van der Waals surface area (Å²) in [6.07, 6.45) is 0. The Balaban J connectivity index is 1.44. The molecule has 7 nitrogen and oxygen atoms in total. The first kappa shape index (κ1) is 21.9. The Bertz CT molecular complexity index is 1070. The molecule has 0 aliphatic heterocycles. The molecule has 0 aliphatic carbocycles. The van der Waals surface area contributed by atoms with Crippen LogP contribution in [0.1, 0.15) is 20.0 Å². The van der Waals surface area contributed by atoms with Crippen LogP contribution < -0.4 is 21.3 Å². The molecule has 0 saturated carbocycles. The second-order valence-electron chi connectivity index (χ2n) is 6.27. The maximum atomic E-state index is 13.6. The average molecular weight is 444 g/mol. The van der Waals surface area contributed by atoms with E-state index < -0.39 is 17.7 Å². The van der Waals surface area contributed by atoms with Crippen LogP contribution in [0.5, 0.6) is 0 Å². The molecule has 160 valence electrons. The minimum Gasteiger partial charge on any atom is -0.350 e. The van der Waals surface area contributed by atoms with Gasteiger partial charge >= 0.3 is 6.03 Å². The quantitative estimate of drug-likeness (QED) is 0.417. The molecule has 0 spiro atoms. The van der Waals surface area contributed by atoms with Crippen molar-refractivity contribution in [3.63, 3.8) is 0 Å². The van der Waals surface area contributed by atoms with Gasteiger partial charge < -0.3 is 21.3 Å². The van der Waals surface area contributed by atoms with Gasteiger partial charge in [-0.25, -0.2) is 13.6 Å². The first-order chi connectivity index (χ1) is 14.9. The van der Waals surface area contributed by atoms with Crippen molar-refractivity contribution < 1.29 is 23.2 Å². The molecule has 2 aromatic carbocycles. The number of thiophene rings is 1. The third-order valence-electron chi connectivity index (χ3n) is 4.03. The lowest BCUT2D eigenvalue weighted by Gasteiger charge is -2.10. The minimum atomic E-state index is -0.895. The summed E-state index contributed by atoms with van der Waals surface area (Å²) in [4.78, 5) is 36.5. The van der Waals surface area contributed by atoms with Crippen LogP contribution in [-0.2, 0) is 0 Å². The molecule has 3 rings (SSSR count). The van der Waals surface area contributed by atoms with Gasteiger partial charge in [0.05, 0.1) is 10.6 Å². The molecular formula is C21H18F2N4O3S. The van der Waals surface area contributed by atoms with Crippen molar-refractivity contribution in [3.05, 3.63) is 82.1 Å². The van der Waals surface area contributed by atoms with Gasteiger partial charge in [0.25, 0.3) is 11.8 Å². The lowest BCUT2D eigenvalue weighted by atomic mass is 10.2. The second kappa shape index (κ2) is 10.3. The highest BCUT2D eigenvalue weighted by atomic mass is 32.1. The minimum absolute atomic E-state index is 0.166. The third kappa shape index (κ3) is 6.34. The van der Waals surface area contributed by atoms with Gasteiger partial charge in [-0.15, -0.1) is 11.3 Å². The lowest BCUT2D eigenvalue weighted by Crippen LogP contribution is -2.34. The summed E-state index contributed by atoms with van der Waals surface area (Å²) >= 11 is 1.33. The van der Waals surface area contributed by atoms with Crippen molar-refractivity contribution >= 4 is 40.6 Å². The van der Waals surface area contributed by atoms with Crippen LogP contribution >= 0.6 is 11.3 Å². The highest BCUT2D eigenvalue weighted by Crippen LogP contribution is 2.16. The number of anilines is 2. The van der Waals surface area contributed by atoms with Crippen LogP contribution in [0, 0.1) is 11.6 Å². The molecule has 1 heterocycles. The highest BCUT2D eigenvalue weighted by molar-refractivity contribution is 7.12. The molecule has 0 bridgehead atoms. The van der Waals surface area contributed by atoms with Crippen LogP contribution in [0.3, 0.4) is 0 Å². The van der Waals surface area contributed by atoms with Crippen LogP contribution in [0.15, 0.2) is 60.0 Å². The number of hydrogen-bond acceptors (Lipinski definition) is 4. The predicted molar refractivity (Wildman–Crippen MR) is 114 cm³/mol. The molecule has 4 amide bonds. The van der Waals surface area contributed by atoms with Crippen LogP contribution in [0.2, 0.25) is 0 Å². The number of rotatable bonds is 7. The van der Waals surface area contributed by atoms with Crippen LogP contribution in [0.25, 0.3) is 0 Å². The van der Waals surface area contributed by atoms with E-state index in [1.807, 2.05) is 0 Å². The number of carbonyl (C=O) groups excluding carboxylic acids is 3. The largest absolute Gasteiger partial charge is 0.350 e. The summed E-state index contributed by atoms with van der Waals surface area (Å²) in [5, 5.41) is 12.0. The number of benzene rings is 2. The molecule has 0 fully saturated rings. The fraction of sp³-hybridized carbons (Fsp3) is 0.0952. The van der Waals surface area contributed by atoms with E-state index in [0.29, 0.717) is 22.2 Å². The summed E-state index contributed by atoms with van der Waals surface area (Å²) < 4.78 is 26.5. The topological polar surface area (TPSA) is 99.3 Å². The second-order valence-corrected chi connectivity index (χ2v) is 7.22. The van der Waals surface area contributed by atoms with E-state index in [4.69, 9.17) is 0 Å². The van der Waals surface area contributed by atoms with Gasteiger partial charge in [-0.2, -0.15) is 0 Å². The Morgan fingerprint density at radius 2 is 1.55 bits per heavy atom. The Hall–Kier alpha value is -3.79. The first-order valence-corrected chi connectivity index (χ1v) is 10.0. The van der Waals surface area contributed by atoms with Gasteiger partial charge in [-0.3, -0.25) is 9.59 Å². The number of urea groups is 1. The van der Waals surface area contributed by atoms with Crippen LogP contribution in [0.4, 0.5) is 25.0 Å². The molecule has 1 aromatic heterocycles. The summed E-state index contributed by atoms with van der Waals surface area (Å²) in [6, 6.07) is 11.6. The van der Waals surface area contributed by atoms with E-state index in [0.717, 1.165) is 12.1 Å². The van der Waals surface area contributed by atoms with E-state index in [1.165, 1.54) is 35.6 Å². The lowest BCUT2D eigenvalue weighted by molar-refractivity contribution is 0.0929. The molecule has 0 aliphatic rings. The Morgan fingerprint density at radius 3 is 2.19 bits per heavy atom. The zero-order chi connectivity index (χ0) is 22.2. The van der Waals surface area contributed by atoms with Gasteiger partial charge in [0, 0.05) is 30.4 Å². The van der Waals surface area contributed by atoms with Gasteiger partial charge in [-0.1, -0.05) is 6.07 Å². The van der Waals surface area contributed by atoms with Gasteiger partial charge in [-0.05, 0) is 47.8 Å². The standard InChI is InChI=1S/C21H18F2N4O3S/c22-14-5-8-17(16(23)12-14)27-21(30)26-15-6-3-13(4-7-15)19(28)24-9-10-25-20(29)18-2-1-11-31-18/h1-8,11-12H,9-10H2,(H,24,28)(H,25,29)(H2,26,27,30). The van der Waals surface area contributed by atoms with Crippen LogP contribution in [-0.4, -0.2) is 30.9 Å². The maximum absolute atomic E-state index is 13.6. The summed E-state index contributed by atoms with van der Waals surface area (Å²) in [5.74, 6) is -2.18. The van der Waals surface area contributed by atoms with Gasteiger partial charge in [0.15, 0.2) is 0 Å². The average Bonchev–Trinajstić information content (AvgIpc) is 3.28. The third-order valence-corrected chi connectivity index (χ3v) is 4.89. The van der Waals surface area contributed by atoms with E-state index in [1.54, 1.807) is 17.5 Å². The smallest absolute Gasteiger partial charge is 0.323 e. The molecule has 3 aromatic rings. The van der Waals surface area contributed by atoms with Crippen molar-refractivity contribution in [1.82, 2.24) is 10.6 Å². The predicted octanol–water partition coefficient (Wildman–Crippen LogP) is 3.83. The number of nitrogens with one attached hydrogen (secondary N) is 4. The zero-order valence-corrected chi connectivity index (χ0v) is 16.9. The summed E-state index contributed by atoms with van der Waals surface area (Å²) in [5.41, 5.74) is 0.570. The molecular weight excluding hydrogens is 426 g/mol. The first-order valence-electron chi connectivity index (χ1n) is 9.15. The Kier molecular flexibility index (Phi) is 7.28. The number of carbonyl (C=O) groups is 3. The van der Waals surface area contributed by atoms with Crippen molar-refractivity contribution in [2.75, 3.05) is 23.7 Å². The molecule has 10 heteroatoms. The number of hydrogen-bond donors (Lipinski definition) is 4. The van der Waals surface area contributed by atoms with E-state index >= 15 is 0 Å². The zero-order valence-electron chi connectivity index (χ0n) is 16.1. The SMILES string of the molecule is O=C(Nc1ccc(C(=O)NCCNC(=O)c2cccs2)cc1)Nc1ccc(F)cc1F. The fourth-order valence-corrected chi connectivity index (χ4v) is 3.17.